The Morgan fingerprint density at radius 1 is 1.37 bits per heavy atom. The lowest BCUT2D eigenvalue weighted by Crippen LogP contribution is -2.53. The van der Waals surface area contributed by atoms with Gasteiger partial charge in [0, 0.05) is 19.7 Å². The summed E-state index contributed by atoms with van der Waals surface area (Å²) in [7, 11) is 1.32. The molecule has 1 fully saturated rings. The van der Waals surface area contributed by atoms with Crippen molar-refractivity contribution in [2.45, 2.75) is 32.4 Å². The molecule has 1 aliphatic carbocycles. The largest absolute Gasteiger partial charge is 0.363 e. The molecule has 0 saturated heterocycles. The number of carbonyl (C=O) groups excluding carboxylic acids is 1. The maximum Gasteiger partial charge on any atom is 0.284 e. The first-order valence-electron chi connectivity index (χ1n) is 8.71. The van der Waals surface area contributed by atoms with Crippen LogP contribution in [-0.4, -0.2) is 36.5 Å². The van der Waals surface area contributed by atoms with E-state index in [1.165, 1.54) is 24.1 Å². The Bertz CT molecular complexity index is 807. The minimum atomic E-state index is -1.12. The number of ether oxygens (including phenoxy) is 1. The second-order valence-corrected chi connectivity index (χ2v) is 7.39. The molecule has 1 amide bonds. The van der Waals surface area contributed by atoms with Crippen LogP contribution in [0.5, 0.6) is 0 Å². The summed E-state index contributed by atoms with van der Waals surface area (Å²) in [5.41, 5.74) is 5.26. The van der Waals surface area contributed by atoms with E-state index in [0.717, 1.165) is 25.1 Å². The third-order valence-corrected chi connectivity index (χ3v) is 5.25. The van der Waals surface area contributed by atoms with Gasteiger partial charge in [0.25, 0.3) is 5.91 Å². The van der Waals surface area contributed by atoms with Gasteiger partial charge in [0.1, 0.15) is 11.6 Å². The molecule has 1 saturated carbocycles. The standard InChI is InChI=1S/C19H22F3N3O2/c1-19(12-4-5-12,8-11-3-6-13(20)7-14(11)21)10-25-17(16(23)26)24-9-15(22)18(25)27-2/h3,6-7,9,12,18H,4-5,8,10H2,1-2H3,(H2,23,26). The molecule has 0 spiro atoms. The Labute approximate surface area is 155 Å². The minimum absolute atomic E-state index is 0.102. The number of nitrogens with zero attached hydrogens (tertiary/aromatic N) is 2. The minimum Gasteiger partial charge on any atom is -0.363 e. The third-order valence-electron chi connectivity index (χ3n) is 5.25. The fourth-order valence-corrected chi connectivity index (χ4v) is 3.72. The van der Waals surface area contributed by atoms with Crippen LogP contribution in [0.4, 0.5) is 13.2 Å². The molecular weight excluding hydrogens is 359 g/mol. The van der Waals surface area contributed by atoms with E-state index in [4.69, 9.17) is 10.5 Å². The van der Waals surface area contributed by atoms with E-state index in [1.807, 2.05) is 6.92 Å². The van der Waals surface area contributed by atoms with Crippen LogP contribution in [0.2, 0.25) is 0 Å². The molecule has 2 atom stereocenters. The zero-order valence-electron chi connectivity index (χ0n) is 15.2. The molecule has 1 heterocycles. The number of benzene rings is 1. The molecule has 8 heteroatoms. The number of halogens is 3. The van der Waals surface area contributed by atoms with Crippen molar-refractivity contribution in [2.24, 2.45) is 22.1 Å². The first-order valence-corrected chi connectivity index (χ1v) is 8.71. The molecule has 1 aliphatic heterocycles. The average Bonchev–Trinajstić information content (AvgIpc) is 3.43. The lowest BCUT2D eigenvalue weighted by Gasteiger charge is -2.41. The van der Waals surface area contributed by atoms with Crippen molar-refractivity contribution in [3.05, 3.63) is 47.4 Å². The number of nitrogens with two attached hydrogens (primary N) is 1. The van der Waals surface area contributed by atoms with Gasteiger partial charge in [-0.25, -0.2) is 18.2 Å². The smallest absolute Gasteiger partial charge is 0.284 e. The average molecular weight is 381 g/mol. The van der Waals surface area contributed by atoms with Gasteiger partial charge in [0.05, 0.1) is 6.20 Å². The number of carbonyl (C=O) groups is 1. The lowest BCUT2D eigenvalue weighted by molar-refractivity contribution is -0.113. The van der Waals surface area contributed by atoms with E-state index in [-0.39, 0.29) is 18.3 Å². The van der Waals surface area contributed by atoms with Crippen molar-refractivity contribution in [3.63, 3.8) is 0 Å². The highest BCUT2D eigenvalue weighted by Crippen LogP contribution is 2.48. The van der Waals surface area contributed by atoms with Crippen LogP contribution in [0, 0.1) is 23.0 Å². The number of amidine groups is 1. The van der Waals surface area contributed by atoms with Crippen LogP contribution < -0.4 is 5.73 Å². The van der Waals surface area contributed by atoms with E-state index in [1.54, 1.807) is 0 Å². The monoisotopic (exact) mass is 381 g/mol. The summed E-state index contributed by atoms with van der Waals surface area (Å²) < 4.78 is 46.8. The van der Waals surface area contributed by atoms with E-state index in [2.05, 4.69) is 4.99 Å². The van der Waals surface area contributed by atoms with Gasteiger partial charge in [-0.1, -0.05) is 13.0 Å². The second-order valence-electron chi connectivity index (χ2n) is 7.39. The molecule has 0 aromatic heterocycles. The molecule has 2 aliphatic rings. The topological polar surface area (TPSA) is 67.9 Å². The third kappa shape index (κ3) is 4.00. The SMILES string of the molecule is COC1C(F)=CN=C(C(N)=O)N1CC(C)(Cc1ccc(F)cc1F)C1CC1. The number of amides is 1. The van der Waals surface area contributed by atoms with Crippen LogP contribution in [0.25, 0.3) is 0 Å². The summed E-state index contributed by atoms with van der Waals surface area (Å²) in [6, 6.07) is 3.47. The molecule has 1 aromatic rings. The van der Waals surface area contributed by atoms with Crippen molar-refractivity contribution in [1.29, 1.82) is 0 Å². The molecule has 0 bridgehead atoms. The predicted molar refractivity (Wildman–Crippen MR) is 94.2 cm³/mol. The first kappa shape index (κ1) is 19.4. The van der Waals surface area contributed by atoms with Crippen LogP contribution in [0.1, 0.15) is 25.3 Å². The van der Waals surface area contributed by atoms with E-state index in [9.17, 15) is 18.0 Å². The summed E-state index contributed by atoms with van der Waals surface area (Å²) >= 11 is 0. The summed E-state index contributed by atoms with van der Waals surface area (Å²) in [5.74, 6) is -2.56. The molecule has 1 aromatic carbocycles. The highest BCUT2D eigenvalue weighted by atomic mass is 19.1. The molecule has 3 rings (SSSR count). The molecule has 2 N–H and O–H groups in total. The second kappa shape index (κ2) is 7.34. The summed E-state index contributed by atoms with van der Waals surface area (Å²) in [5, 5.41) is 0. The fraction of sp³-hybridized carbons (Fsp3) is 0.474. The summed E-state index contributed by atoms with van der Waals surface area (Å²) in [6.07, 6.45) is 1.96. The highest BCUT2D eigenvalue weighted by Gasteiger charge is 2.46. The number of hydrogen-bond donors (Lipinski definition) is 1. The van der Waals surface area contributed by atoms with Crippen molar-refractivity contribution < 1.29 is 22.7 Å². The quantitative estimate of drug-likeness (QED) is 0.790. The Balaban J connectivity index is 1.91. The number of aliphatic imine (C=N–C) groups is 1. The van der Waals surface area contributed by atoms with Gasteiger partial charge in [0.15, 0.2) is 17.9 Å². The van der Waals surface area contributed by atoms with E-state index < -0.39 is 35.0 Å². The van der Waals surface area contributed by atoms with Gasteiger partial charge in [-0.3, -0.25) is 4.79 Å². The van der Waals surface area contributed by atoms with E-state index >= 15 is 0 Å². The van der Waals surface area contributed by atoms with Crippen LogP contribution >= 0.6 is 0 Å². The van der Waals surface area contributed by atoms with Crippen molar-refractivity contribution in [3.8, 4) is 0 Å². The van der Waals surface area contributed by atoms with Gasteiger partial charge >= 0.3 is 0 Å². The van der Waals surface area contributed by atoms with Crippen LogP contribution in [0.3, 0.4) is 0 Å². The Kier molecular flexibility index (Phi) is 5.28. The van der Waals surface area contributed by atoms with Gasteiger partial charge in [-0.15, -0.1) is 0 Å². The maximum absolute atomic E-state index is 14.2. The van der Waals surface area contributed by atoms with E-state index in [0.29, 0.717) is 12.0 Å². The van der Waals surface area contributed by atoms with Gasteiger partial charge in [-0.05, 0) is 42.2 Å². The number of hydrogen-bond acceptors (Lipinski definition) is 4. The Morgan fingerprint density at radius 3 is 2.63 bits per heavy atom. The molecule has 27 heavy (non-hydrogen) atoms. The molecule has 146 valence electrons. The number of rotatable bonds is 7. The molecule has 2 unspecified atom stereocenters. The molecule has 5 nitrogen and oxygen atoms in total. The van der Waals surface area contributed by atoms with Crippen molar-refractivity contribution in [2.75, 3.05) is 13.7 Å². The fourth-order valence-electron chi connectivity index (χ4n) is 3.72. The highest BCUT2D eigenvalue weighted by molar-refractivity contribution is 6.37. The first-order chi connectivity index (χ1) is 12.7. The number of primary amides is 1. The van der Waals surface area contributed by atoms with Crippen molar-refractivity contribution >= 4 is 11.7 Å². The van der Waals surface area contributed by atoms with Gasteiger partial charge < -0.3 is 15.4 Å². The predicted octanol–water partition coefficient (Wildman–Crippen LogP) is 2.91. The molecule has 0 radical (unpaired) electrons. The lowest BCUT2D eigenvalue weighted by atomic mass is 9.78. The van der Waals surface area contributed by atoms with Crippen LogP contribution in [-0.2, 0) is 16.0 Å². The van der Waals surface area contributed by atoms with Gasteiger partial charge in [-0.2, -0.15) is 0 Å². The molecular formula is C19H22F3N3O2. The Morgan fingerprint density at radius 2 is 2.07 bits per heavy atom. The van der Waals surface area contributed by atoms with Crippen LogP contribution in [0.15, 0.2) is 35.2 Å². The van der Waals surface area contributed by atoms with Gasteiger partial charge in [0.2, 0.25) is 0 Å². The van der Waals surface area contributed by atoms with Crippen molar-refractivity contribution in [1.82, 2.24) is 4.90 Å². The number of methoxy groups -OCH3 is 1. The normalized spacial score (nSPS) is 22.1. The zero-order valence-corrected chi connectivity index (χ0v) is 15.2. The maximum atomic E-state index is 14.2. The Hall–Kier alpha value is -2.35. The summed E-state index contributed by atoms with van der Waals surface area (Å²) in [6.45, 7) is 2.13. The summed E-state index contributed by atoms with van der Waals surface area (Å²) in [4.78, 5) is 17.0. The zero-order chi connectivity index (χ0) is 19.8.